The van der Waals surface area contributed by atoms with E-state index in [9.17, 15) is 13.2 Å². The van der Waals surface area contributed by atoms with E-state index in [0.29, 0.717) is 0 Å². The highest BCUT2D eigenvalue weighted by molar-refractivity contribution is 5.98. The number of pyridine rings is 1. The summed E-state index contributed by atoms with van der Waals surface area (Å²) in [5.41, 5.74) is 10.0. The molecule has 0 aliphatic heterocycles. The van der Waals surface area contributed by atoms with Crippen LogP contribution in [0.2, 0.25) is 0 Å². The second-order valence-electron chi connectivity index (χ2n) is 3.32. The third kappa shape index (κ3) is 1.52. The molecule has 84 valence electrons. The molecule has 0 atom stereocenters. The second-order valence-corrected chi connectivity index (χ2v) is 3.32. The van der Waals surface area contributed by atoms with Crippen LogP contribution >= 0.6 is 0 Å². The Bertz CT molecular complexity index is 549. The van der Waals surface area contributed by atoms with Gasteiger partial charge in [-0.2, -0.15) is 13.2 Å². The molecule has 0 aliphatic carbocycles. The van der Waals surface area contributed by atoms with Crippen LogP contribution in [-0.4, -0.2) is 4.98 Å². The highest BCUT2D eigenvalue weighted by atomic mass is 19.4. The van der Waals surface area contributed by atoms with Crippen molar-refractivity contribution in [2.24, 2.45) is 0 Å². The lowest BCUT2D eigenvalue weighted by atomic mass is 10.1. The Morgan fingerprint density at radius 1 is 1.19 bits per heavy atom. The zero-order chi connectivity index (χ0) is 11.9. The summed E-state index contributed by atoms with van der Waals surface area (Å²) < 4.78 is 38.1. The molecule has 1 aromatic carbocycles. The van der Waals surface area contributed by atoms with Crippen molar-refractivity contribution in [2.75, 3.05) is 11.5 Å². The van der Waals surface area contributed by atoms with Crippen molar-refractivity contribution < 1.29 is 13.2 Å². The lowest BCUT2D eigenvalue weighted by molar-refractivity contribution is -0.136. The van der Waals surface area contributed by atoms with E-state index in [1.807, 2.05) is 0 Å². The minimum Gasteiger partial charge on any atom is -0.397 e. The summed E-state index contributed by atoms with van der Waals surface area (Å²) in [6.45, 7) is 0. The first-order valence-electron chi connectivity index (χ1n) is 4.41. The Kier molecular flexibility index (Phi) is 2.15. The Balaban J connectivity index is 2.91. The molecule has 0 bridgehead atoms. The van der Waals surface area contributed by atoms with Crippen LogP contribution in [0.25, 0.3) is 10.9 Å². The predicted molar refractivity (Wildman–Crippen MR) is 55.6 cm³/mol. The summed E-state index contributed by atoms with van der Waals surface area (Å²) in [5.74, 6) is 0. The molecule has 0 saturated carbocycles. The van der Waals surface area contributed by atoms with Gasteiger partial charge in [0.05, 0.1) is 22.5 Å². The standard InChI is InChI=1S/C10H8F3N3/c11-10(12,13)6-4-7(14)8(15)5-2-1-3-16-9(5)6/h1-4H,14-15H2. The maximum Gasteiger partial charge on any atom is 0.418 e. The fraction of sp³-hybridized carbons (Fsp3) is 0.100. The molecule has 2 aromatic rings. The molecule has 1 heterocycles. The summed E-state index contributed by atoms with van der Waals surface area (Å²) in [4.78, 5) is 3.69. The predicted octanol–water partition coefficient (Wildman–Crippen LogP) is 2.42. The smallest absolute Gasteiger partial charge is 0.397 e. The van der Waals surface area contributed by atoms with Gasteiger partial charge in [-0.1, -0.05) is 0 Å². The number of fused-ring (bicyclic) bond motifs is 1. The van der Waals surface area contributed by atoms with Crippen LogP contribution in [0.5, 0.6) is 0 Å². The zero-order valence-electron chi connectivity index (χ0n) is 8.05. The maximum absolute atomic E-state index is 12.7. The molecule has 0 aliphatic rings. The zero-order valence-corrected chi connectivity index (χ0v) is 8.05. The first-order chi connectivity index (χ1) is 7.41. The number of nitrogens with zero attached hydrogens (tertiary/aromatic N) is 1. The van der Waals surface area contributed by atoms with Gasteiger partial charge >= 0.3 is 6.18 Å². The monoisotopic (exact) mass is 227 g/mol. The van der Waals surface area contributed by atoms with Gasteiger partial charge in [0.25, 0.3) is 0 Å². The van der Waals surface area contributed by atoms with Gasteiger partial charge in [-0.05, 0) is 18.2 Å². The Morgan fingerprint density at radius 3 is 2.50 bits per heavy atom. The first-order valence-corrected chi connectivity index (χ1v) is 4.41. The normalized spacial score (nSPS) is 11.9. The van der Waals surface area contributed by atoms with E-state index in [4.69, 9.17) is 11.5 Å². The summed E-state index contributed by atoms with van der Waals surface area (Å²) in [5, 5.41) is 0.217. The molecule has 6 heteroatoms. The van der Waals surface area contributed by atoms with Crippen molar-refractivity contribution >= 4 is 22.3 Å². The van der Waals surface area contributed by atoms with E-state index in [1.165, 1.54) is 18.3 Å². The number of benzene rings is 1. The molecule has 0 amide bonds. The fourth-order valence-electron chi connectivity index (χ4n) is 1.51. The molecule has 1 aromatic heterocycles. The van der Waals surface area contributed by atoms with Gasteiger partial charge in [-0.15, -0.1) is 0 Å². The first kappa shape index (κ1) is 10.5. The number of aromatic nitrogens is 1. The molecule has 4 N–H and O–H groups in total. The topological polar surface area (TPSA) is 64.9 Å². The van der Waals surface area contributed by atoms with E-state index >= 15 is 0 Å². The molecular formula is C10H8F3N3. The summed E-state index contributed by atoms with van der Waals surface area (Å²) in [6, 6.07) is 3.78. The molecule has 0 saturated heterocycles. The van der Waals surface area contributed by atoms with E-state index < -0.39 is 11.7 Å². The largest absolute Gasteiger partial charge is 0.418 e. The SMILES string of the molecule is Nc1cc(C(F)(F)F)c2ncccc2c1N. The van der Waals surface area contributed by atoms with E-state index in [2.05, 4.69) is 4.98 Å². The van der Waals surface area contributed by atoms with E-state index in [-0.39, 0.29) is 22.3 Å². The number of halogens is 3. The number of nitrogens with two attached hydrogens (primary N) is 2. The Labute approximate surface area is 88.9 Å². The number of rotatable bonds is 0. The van der Waals surface area contributed by atoms with Gasteiger partial charge < -0.3 is 11.5 Å². The van der Waals surface area contributed by atoms with Crippen molar-refractivity contribution in [3.05, 3.63) is 30.0 Å². The molecule has 16 heavy (non-hydrogen) atoms. The molecular weight excluding hydrogens is 219 g/mol. The lowest BCUT2D eigenvalue weighted by Gasteiger charge is -2.12. The average Bonchev–Trinajstić information content (AvgIpc) is 2.22. The van der Waals surface area contributed by atoms with E-state index in [1.54, 1.807) is 0 Å². The number of alkyl halides is 3. The molecule has 0 radical (unpaired) electrons. The van der Waals surface area contributed by atoms with Crippen LogP contribution in [0.3, 0.4) is 0 Å². The van der Waals surface area contributed by atoms with Gasteiger partial charge in [-0.3, -0.25) is 4.98 Å². The highest BCUT2D eigenvalue weighted by Gasteiger charge is 2.34. The fourth-order valence-corrected chi connectivity index (χ4v) is 1.51. The summed E-state index contributed by atoms with van der Waals surface area (Å²) in [7, 11) is 0. The van der Waals surface area contributed by atoms with Crippen LogP contribution in [0.1, 0.15) is 5.56 Å². The summed E-state index contributed by atoms with van der Waals surface area (Å²) >= 11 is 0. The van der Waals surface area contributed by atoms with Crippen molar-refractivity contribution in [3.63, 3.8) is 0 Å². The van der Waals surface area contributed by atoms with Crippen LogP contribution in [-0.2, 0) is 6.18 Å². The molecule has 3 nitrogen and oxygen atoms in total. The minimum atomic E-state index is -4.49. The van der Waals surface area contributed by atoms with Gasteiger partial charge in [-0.25, -0.2) is 0 Å². The van der Waals surface area contributed by atoms with Gasteiger partial charge in [0.2, 0.25) is 0 Å². The molecule has 0 spiro atoms. The number of nitrogen functional groups attached to an aromatic ring is 2. The second kappa shape index (κ2) is 3.26. The molecule has 0 fully saturated rings. The van der Waals surface area contributed by atoms with Gasteiger partial charge in [0.1, 0.15) is 0 Å². The van der Waals surface area contributed by atoms with Crippen molar-refractivity contribution in [2.45, 2.75) is 6.18 Å². The van der Waals surface area contributed by atoms with Crippen LogP contribution in [0, 0.1) is 0 Å². The number of anilines is 2. The van der Waals surface area contributed by atoms with Crippen LogP contribution in [0.15, 0.2) is 24.4 Å². The van der Waals surface area contributed by atoms with Crippen molar-refractivity contribution in [3.8, 4) is 0 Å². The third-order valence-corrected chi connectivity index (χ3v) is 2.27. The van der Waals surface area contributed by atoms with Crippen LogP contribution < -0.4 is 11.5 Å². The average molecular weight is 227 g/mol. The minimum absolute atomic E-state index is 0.0900. The van der Waals surface area contributed by atoms with Crippen molar-refractivity contribution in [1.29, 1.82) is 0 Å². The Morgan fingerprint density at radius 2 is 1.88 bits per heavy atom. The molecule has 2 rings (SSSR count). The third-order valence-electron chi connectivity index (χ3n) is 2.27. The van der Waals surface area contributed by atoms with Gasteiger partial charge in [0, 0.05) is 11.6 Å². The molecule has 0 unspecified atom stereocenters. The quantitative estimate of drug-likeness (QED) is 0.679. The Hall–Kier alpha value is -1.98. The van der Waals surface area contributed by atoms with Crippen LogP contribution in [0.4, 0.5) is 24.5 Å². The highest BCUT2D eigenvalue weighted by Crippen LogP contribution is 2.38. The van der Waals surface area contributed by atoms with Crippen molar-refractivity contribution in [1.82, 2.24) is 4.98 Å². The lowest BCUT2D eigenvalue weighted by Crippen LogP contribution is -2.09. The van der Waals surface area contributed by atoms with Gasteiger partial charge in [0.15, 0.2) is 0 Å². The number of hydrogen-bond acceptors (Lipinski definition) is 3. The van der Waals surface area contributed by atoms with E-state index in [0.717, 1.165) is 6.07 Å². The number of hydrogen-bond donors (Lipinski definition) is 2. The summed E-state index contributed by atoms with van der Waals surface area (Å²) in [6.07, 6.45) is -3.21. The maximum atomic E-state index is 12.7.